The molecule has 2 heteroatoms. The molecule has 118 valence electrons. The number of anilines is 1. The van der Waals surface area contributed by atoms with Gasteiger partial charge < -0.3 is 10.2 Å². The third-order valence-electron chi connectivity index (χ3n) is 4.82. The van der Waals surface area contributed by atoms with E-state index in [1.807, 2.05) is 0 Å². The zero-order chi connectivity index (χ0) is 15.1. The molecule has 0 radical (unpaired) electrons. The maximum absolute atomic E-state index is 3.63. The third kappa shape index (κ3) is 4.23. The second kappa shape index (κ2) is 8.43. The Kier molecular flexibility index (Phi) is 6.56. The highest BCUT2D eigenvalue weighted by Gasteiger charge is 2.22. The third-order valence-corrected chi connectivity index (χ3v) is 4.82. The van der Waals surface area contributed by atoms with Crippen LogP contribution in [0.5, 0.6) is 0 Å². The number of para-hydroxylation sites is 1. The van der Waals surface area contributed by atoms with Gasteiger partial charge in [0.15, 0.2) is 0 Å². The Morgan fingerprint density at radius 3 is 2.48 bits per heavy atom. The minimum absolute atomic E-state index is 0.486. The van der Waals surface area contributed by atoms with Crippen LogP contribution in [0.1, 0.15) is 64.5 Å². The molecule has 21 heavy (non-hydrogen) atoms. The van der Waals surface area contributed by atoms with Crippen molar-refractivity contribution in [2.75, 3.05) is 24.5 Å². The van der Waals surface area contributed by atoms with Gasteiger partial charge in [-0.1, -0.05) is 51.8 Å². The Labute approximate surface area is 130 Å². The van der Waals surface area contributed by atoms with Gasteiger partial charge in [0.2, 0.25) is 0 Å². The van der Waals surface area contributed by atoms with E-state index in [9.17, 15) is 0 Å². The molecule has 0 saturated carbocycles. The van der Waals surface area contributed by atoms with Crippen LogP contribution in [0.25, 0.3) is 0 Å². The first-order chi connectivity index (χ1) is 10.3. The van der Waals surface area contributed by atoms with Crippen LogP contribution in [0.4, 0.5) is 5.69 Å². The smallest absolute Gasteiger partial charge is 0.0414 e. The largest absolute Gasteiger partial charge is 0.371 e. The summed E-state index contributed by atoms with van der Waals surface area (Å²) in [4.78, 5) is 2.61. The summed E-state index contributed by atoms with van der Waals surface area (Å²) in [5.74, 6) is 0.953. The minimum atomic E-state index is 0.486. The summed E-state index contributed by atoms with van der Waals surface area (Å²) in [6.45, 7) is 10.3. The molecule has 0 aromatic heterocycles. The average molecular weight is 288 g/mol. The van der Waals surface area contributed by atoms with Crippen LogP contribution in [0, 0.1) is 5.92 Å². The molecule has 1 fully saturated rings. The van der Waals surface area contributed by atoms with Gasteiger partial charge in [-0.2, -0.15) is 0 Å². The summed E-state index contributed by atoms with van der Waals surface area (Å²) < 4.78 is 0. The molecule has 1 N–H and O–H groups in total. The van der Waals surface area contributed by atoms with Crippen molar-refractivity contribution in [3.05, 3.63) is 29.8 Å². The minimum Gasteiger partial charge on any atom is -0.371 e. The fourth-order valence-corrected chi connectivity index (χ4v) is 3.66. The maximum Gasteiger partial charge on any atom is 0.0414 e. The Hall–Kier alpha value is -1.02. The number of hydrogen-bond acceptors (Lipinski definition) is 2. The van der Waals surface area contributed by atoms with E-state index < -0.39 is 0 Å². The molecule has 0 amide bonds. The average Bonchev–Trinajstić information content (AvgIpc) is 2.54. The zero-order valence-electron chi connectivity index (χ0n) is 14.1. The highest BCUT2D eigenvalue weighted by molar-refractivity contribution is 5.55. The topological polar surface area (TPSA) is 15.3 Å². The number of piperidine rings is 1. The van der Waals surface area contributed by atoms with Crippen molar-refractivity contribution in [3.63, 3.8) is 0 Å². The molecule has 0 aliphatic carbocycles. The molecular weight excluding hydrogens is 256 g/mol. The molecule has 1 aromatic carbocycles. The zero-order valence-corrected chi connectivity index (χ0v) is 14.1. The lowest BCUT2D eigenvalue weighted by Crippen LogP contribution is -2.35. The highest BCUT2D eigenvalue weighted by atomic mass is 15.1. The molecule has 0 spiro atoms. The van der Waals surface area contributed by atoms with Gasteiger partial charge in [-0.05, 0) is 43.4 Å². The predicted octanol–water partition coefficient (Wildman–Crippen LogP) is 4.76. The SMILES string of the molecule is CCCC1CCN(c2ccccc2C(CC)NCC)CC1. The molecule has 1 aromatic rings. The Morgan fingerprint density at radius 1 is 1.14 bits per heavy atom. The molecule has 2 nitrogen and oxygen atoms in total. The first-order valence-electron chi connectivity index (χ1n) is 8.87. The Bertz CT molecular complexity index is 408. The summed E-state index contributed by atoms with van der Waals surface area (Å²) in [5, 5.41) is 3.63. The van der Waals surface area contributed by atoms with Gasteiger partial charge >= 0.3 is 0 Å². The van der Waals surface area contributed by atoms with Crippen LogP contribution < -0.4 is 10.2 Å². The van der Waals surface area contributed by atoms with E-state index in [0.717, 1.165) is 18.9 Å². The molecule has 1 atom stereocenters. The van der Waals surface area contributed by atoms with Crippen molar-refractivity contribution in [1.82, 2.24) is 5.32 Å². The summed E-state index contributed by atoms with van der Waals surface area (Å²) in [7, 11) is 0. The van der Waals surface area contributed by atoms with Crippen molar-refractivity contribution >= 4 is 5.69 Å². The summed E-state index contributed by atoms with van der Waals surface area (Å²) in [5.41, 5.74) is 2.94. The van der Waals surface area contributed by atoms with Crippen molar-refractivity contribution in [1.29, 1.82) is 0 Å². The fourth-order valence-electron chi connectivity index (χ4n) is 3.66. The standard InChI is InChI=1S/C19H32N2/c1-4-9-16-12-14-21(15-13-16)19-11-8-7-10-17(19)18(5-2)20-6-3/h7-8,10-11,16,18,20H,4-6,9,12-15H2,1-3H3. The molecule has 1 aliphatic heterocycles. The number of rotatable bonds is 7. The highest BCUT2D eigenvalue weighted by Crippen LogP contribution is 2.32. The van der Waals surface area contributed by atoms with E-state index in [1.165, 1.54) is 50.0 Å². The van der Waals surface area contributed by atoms with Gasteiger partial charge in [-0.25, -0.2) is 0 Å². The Morgan fingerprint density at radius 2 is 1.86 bits per heavy atom. The van der Waals surface area contributed by atoms with Crippen LogP contribution in [-0.4, -0.2) is 19.6 Å². The van der Waals surface area contributed by atoms with Crippen LogP contribution in [-0.2, 0) is 0 Å². The molecule has 1 unspecified atom stereocenters. The van der Waals surface area contributed by atoms with E-state index in [1.54, 1.807) is 0 Å². The molecule has 1 aliphatic rings. The second-order valence-corrected chi connectivity index (χ2v) is 6.30. The molecule has 0 bridgehead atoms. The van der Waals surface area contributed by atoms with Gasteiger partial charge in [0.1, 0.15) is 0 Å². The van der Waals surface area contributed by atoms with Crippen molar-refractivity contribution in [2.45, 2.75) is 58.9 Å². The lowest BCUT2D eigenvalue weighted by Gasteiger charge is -2.36. The van der Waals surface area contributed by atoms with Gasteiger partial charge in [0.25, 0.3) is 0 Å². The number of hydrogen-bond donors (Lipinski definition) is 1. The van der Waals surface area contributed by atoms with Crippen LogP contribution in [0.2, 0.25) is 0 Å². The molecule has 1 saturated heterocycles. The van der Waals surface area contributed by atoms with Crippen LogP contribution >= 0.6 is 0 Å². The molecule has 2 rings (SSSR count). The number of nitrogens with zero attached hydrogens (tertiary/aromatic N) is 1. The monoisotopic (exact) mass is 288 g/mol. The molecule has 1 heterocycles. The second-order valence-electron chi connectivity index (χ2n) is 6.30. The van der Waals surface area contributed by atoms with Crippen LogP contribution in [0.3, 0.4) is 0 Å². The van der Waals surface area contributed by atoms with E-state index in [2.05, 4.69) is 55.3 Å². The van der Waals surface area contributed by atoms with Gasteiger partial charge in [0.05, 0.1) is 0 Å². The van der Waals surface area contributed by atoms with Crippen LogP contribution in [0.15, 0.2) is 24.3 Å². The lowest BCUT2D eigenvalue weighted by molar-refractivity contribution is 0.377. The van der Waals surface area contributed by atoms with E-state index in [0.29, 0.717) is 6.04 Å². The van der Waals surface area contributed by atoms with E-state index in [-0.39, 0.29) is 0 Å². The molecular formula is C19H32N2. The van der Waals surface area contributed by atoms with Crippen molar-refractivity contribution in [3.8, 4) is 0 Å². The Balaban J connectivity index is 2.10. The normalized spacial score (nSPS) is 18.0. The fraction of sp³-hybridized carbons (Fsp3) is 0.684. The first kappa shape index (κ1) is 16.4. The summed E-state index contributed by atoms with van der Waals surface area (Å²) >= 11 is 0. The van der Waals surface area contributed by atoms with Gasteiger partial charge in [-0.3, -0.25) is 0 Å². The van der Waals surface area contributed by atoms with E-state index in [4.69, 9.17) is 0 Å². The number of benzene rings is 1. The first-order valence-corrected chi connectivity index (χ1v) is 8.87. The predicted molar refractivity (Wildman–Crippen MR) is 93.0 cm³/mol. The van der Waals surface area contributed by atoms with Gasteiger partial charge in [-0.15, -0.1) is 0 Å². The maximum atomic E-state index is 3.63. The number of nitrogens with one attached hydrogen (secondary N) is 1. The van der Waals surface area contributed by atoms with Crippen molar-refractivity contribution < 1.29 is 0 Å². The van der Waals surface area contributed by atoms with Crippen molar-refractivity contribution in [2.24, 2.45) is 5.92 Å². The van der Waals surface area contributed by atoms with E-state index >= 15 is 0 Å². The summed E-state index contributed by atoms with van der Waals surface area (Å²) in [6, 6.07) is 9.48. The van der Waals surface area contributed by atoms with Gasteiger partial charge in [0, 0.05) is 24.8 Å². The lowest BCUT2D eigenvalue weighted by atomic mass is 9.91. The summed E-state index contributed by atoms with van der Waals surface area (Å²) in [6.07, 6.45) is 6.61. The quantitative estimate of drug-likeness (QED) is 0.778.